The molecule has 3 rings (SSSR count). The van der Waals surface area contributed by atoms with Crippen molar-refractivity contribution in [3.05, 3.63) is 92.9 Å². The van der Waals surface area contributed by atoms with Crippen molar-refractivity contribution in [1.29, 1.82) is 0 Å². The fraction of sp³-hybridized carbons (Fsp3) is 0.143. The van der Waals surface area contributed by atoms with Crippen LogP contribution in [0.15, 0.2) is 71.2 Å². The fourth-order valence-electron chi connectivity index (χ4n) is 2.40. The molecule has 0 radical (unpaired) electrons. The lowest BCUT2D eigenvalue weighted by Gasteiger charge is -2.11. The number of nitrogens with one attached hydrogen (secondary N) is 1. The lowest BCUT2D eigenvalue weighted by atomic mass is 10.2. The van der Waals surface area contributed by atoms with Crippen molar-refractivity contribution in [2.24, 2.45) is 0 Å². The Bertz CT molecular complexity index is 849. The molecule has 4 heteroatoms. The summed E-state index contributed by atoms with van der Waals surface area (Å²) >= 11 is 9.61. The molecule has 128 valence electrons. The van der Waals surface area contributed by atoms with E-state index in [1.165, 1.54) is 0 Å². The van der Waals surface area contributed by atoms with Crippen molar-refractivity contribution in [1.82, 2.24) is 0 Å². The van der Waals surface area contributed by atoms with Gasteiger partial charge in [-0.05, 0) is 60.0 Å². The van der Waals surface area contributed by atoms with Crippen LogP contribution < -0.4 is 10.1 Å². The van der Waals surface area contributed by atoms with Crippen molar-refractivity contribution in [3.8, 4) is 5.75 Å². The van der Waals surface area contributed by atoms with Crippen LogP contribution in [0.4, 0.5) is 5.69 Å². The second-order valence-electron chi connectivity index (χ2n) is 5.88. The molecule has 3 aromatic rings. The van der Waals surface area contributed by atoms with Crippen LogP contribution in [0, 0.1) is 6.92 Å². The van der Waals surface area contributed by atoms with Gasteiger partial charge in [-0.1, -0.05) is 57.9 Å². The maximum absolute atomic E-state index is 6.17. The van der Waals surface area contributed by atoms with E-state index in [1.807, 2.05) is 49.4 Å². The first-order chi connectivity index (χ1) is 12.1. The number of hydrogen-bond acceptors (Lipinski definition) is 2. The summed E-state index contributed by atoms with van der Waals surface area (Å²) in [6.07, 6.45) is 0. The number of anilines is 1. The molecule has 1 N–H and O–H groups in total. The molecule has 0 aliphatic rings. The zero-order valence-corrected chi connectivity index (χ0v) is 16.3. The van der Waals surface area contributed by atoms with E-state index >= 15 is 0 Å². The minimum Gasteiger partial charge on any atom is -0.489 e. The maximum atomic E-state index is 6.17. The SMILES string of the molecule is Cc1ccc(NCc2cccc(OCc3ccc(Br)cc3)c2)cc1Cl. The Balaban J connectivity index is 1.59. The van der Waals surface area contributed by atoms with Crippen LogP contribution in [0.25, 0.3) is 0 Å². The Morgan fingerprint density at radius 3 is 2.52 bits per heavy atom. The molecule has 0 amide bonds. The van der Waals surface area contributed by atoms with E-state index in [1.54, 1.807) is 0 Å². The van der Waals surface area contributed by atoms with Crippen molar-refractivity contribution < 1.29 is 4.74 Å². The molecule has 3 aromatic carbocycles. The Morgan fingerprint density at radius 1 is 0.960 bits per heavy atom. The van der Waals surface area contributed by atoms with Crippen molar-refractivity contribution >= 4 is 33.2 Å². The minimum absolute atomic E-state index is 0.553. The average molecular weight is 417 g/mol. The number of aryl methyl sites for hydroxylation is 1. The smallest absolute Gasteiger partial charge is 0.120 e. The van der Waals surface area contributed by atoms with Crippen LogP contribution in [0.1, 0.15) is 16.7 Å². The standard InChI is InChI=1S/C21H19BrClNO/c1-15-5-10-19(12-21(15)23)24-13-17-3-2-4-20(11-17)25-14-16-6-8-18(22)9-7-16/h2-12,24H,13-14H2,1H3. The molecule has 2 nitrogen and oxygen atoms in total. The summed E-state index contributed by atoms with van der Waals surface area (Å²) in [5, 5.41) is 4.17. The van der Waals surface area contributed by atoms with Gasteiger partial charge in [0.05, 0.1) is 0 Å². The van der Waals surface area contributed by atoms with Gasteiger partial charge in [-0.25, -0.2) is 0 Å². The van der Waals surface area contributed by atoms with Crippen molar-refractivity contribution in [2.45, 2.75) is 20.1 Å². The molecule has 0 saturated carbocycles. The van der Waals surface area contributed by atoms with Gasteiger partial charge in [-0.2, -0.15) is 0 Å². The van der Waals surface area contributed by atoms with Gasteiger partial charge in [-0.15, -0.1) is 0 Å². The summed E-state index contributed by atoms with van der Waals surface area (Å²) < 4.78 is 6.97. The molecule has 0 heterocycles. The lowest BCUT2D eigenvalue weighted by molar-refractivity contribution is 0.306. The van der Waals surface area contributed by atoms with Crippen LogP contribution in [0.2, 0.25) is 5.02 Å². The first-order valence-corrected chi connectivity index (χ1v) is 9.23. The second kappa shape index (κ2) is 8.41. The van der Waals surface area contributed by atoms with E-state index in [0.717, 1.165) is 44.2 Å². The van der Waals surface area contributed by atoms with E-state index in [2.05, 4.69) is 45.5 Å². The van der Waals surface area contributed by atoms with Gasteiger partial charge in [-0.3, -0.25) is 0 Å². The number of benzene rings is 3. The number of halogens is 2. The third-order valence-corrected chi connectivity index (χ3v) is 4.82. The van der Waals surface area contributed by atoms with Crippen molar-refractivity contribution in [2.75, 3.05) is 5.32 Å². The van der Waals surface area contributed by atoms with Gasteiger partial charge >= 0.3 is 0 Å². The Morgan fingerprint density at radius 2 is 1.76 bits per heavy atom. The molecular formula is C21H19BrClNO. The molecule has 0 spiro atoms. The Hall–Kier alpha value is -1.97. The van der Waals surface area contributed by atoms with Crippen LogP contribution in [-0.4, -0.2) is 0 Å². The van der Waals surface area contributed by atoms with E-state index in [9.17, 15) is 0 Å². The van der Waals surface area contributed by atoms with E-state index in [0.29, 0.717) is 6.61 Å². The van der Waals surface area contributed by atoms with Crippen LogP contribution >= 0.6 is 27.5 Å². The highest BCUT2D eigenvalue weighted by Gasteiger charge is 2.01. The minimum atomic E-state index is 0.553. The highest BCUT2D eigenvalue weighted by molar-refractivity contribution is 9.10. The second-order valence-corrected chi connectivity index (χ2v) is 7.20. The maximum Gasteiger partial charge on any atom is 0.120 e. The third kappa shape index (κ3) is 5.25. The van der Waals surface area contributed by atoms with Gasteiger partial charge in [0, 0.05) is 21.7 Å². The average Bonchev–Trinajstić information content (AvgIpc) is 2.63. The van der Waals surface area contributed by atoms with Gasteiger partial charge < -0.3 is 10.1 Å². The highest BCUT2D eigenvalue weighted by atomic mass is 79.9. The van der Waals surface area contributed by atoms with E-state index < -0.39 is 0 Å². The largest absolute Gasteiger partial charge is 0.489 e. The van der Waals surface area contributed by atoms with E-state index in [-0.39, 0.29) is 0 Å². The molecule has 0 atom stereocenters. The summed E-state index contributed by atoms with van der Waals surface area (Å²) in [4.78, 5) is 0. The zero-order chi connectivity index (χ0) is 17.6. The first kappa shape index (κ1) is 17.8. The molecule has 0 fully saturated rings. The molecule has 0 saturated heterocycles. The molecule has 25 heavy (non-hydrogen) atoms. The predicted octanol–water partition coefficient (Wildman–Crippen LogP) is 6.60. The molecule has 0 aliphatic heterocycles. The Kier molecular flexibility index (Phi) is 6.00. The molecular weight excluding hydrogens is 398 g/mol. The Labute approximate surface area is 161 Å². The third-order valence-electron chi connectivity index (χ3n) is 3.89. The lowest BCUT2D eigenvalue weighted by Crippen LogP contribution is -2.01. The molecule has 0 bridgehead atoms. The summed E-state index contributed by atoms with van der Waals surface area (Å²) in [6.45, 7) is 3.27. The van der Waals surface area contributed by atoms with Crippen LogP contribution in [-0.2, 0) is 13.2 Å². The van der Waals surface area contributed by atoms with Gasteiger partial charge in [0.25, 0.3) is 0 Å². The number of ether oxygens (including phenoxy) is 1. The normalized spacial score (nSPS) is 10.5. The van der Waals surface area contributed by atoms with Gasteiger partial charge in [0.2, 0.25) is 0 Å². The number of hydrogen-bond donors (Lipinski definition) is 1. The van der Waals surface area contributed by atoms with Gasteiger partial charge in [0.1, 0.15) is 12.4 Å². The predicted molar refractivity (Wildman–Crippen MR) is 108 cm³/mol. The topological polar surface area (TPSA) is 21.3 Å². The molecule has 0 aliphatic carbocycles. The zero-order valence-electron chi connectivity index (χ0n) is 13.9. The summed E-state index contributed by atoms with van der Waals surface area (Å²) in [6, 6.07) is 22.3. The monoisotopic (exact) mass is 415 g/mol. The van der Waals surface area contributed by atoms with Crippen LogP contribution in [0.3, 0.4) is 0 Å². The first-order valence-electron chi connectivity index (χ1n) is 8.06. The highest BCUT2D eigenvalue weighted by Crippen LogP contribution is 2.21. The van der Waals surface area contributed by atoms with Gasteiger partial charge in [0.15, 0.2) is 0 Å². The summed E-state index contributed by atoms with van der Waals surface area (Å²) in [5.74, 6) is 0.865. The summed E-state index contributed by atoms with van der Waals surface area (Å²) in [7, 11) is 0. The quantitative estimate of drug-likeness (QED) is 0.488. The number of rotatable bonds is 6. The van der Waals surface area contributed by atoms with Crippen LogP contribution in [0.5, 0.6) is 5.75 Å². The molecule has 0 aromatic heterocycles. The summed E-state index contributed by atoms with van der Waals surface area (Å²) in [5.41, 5.74) is 4.39. The van der Waals surface area contributed by atoms with E-state index in [4.69, 9.17) is 16.3 Å². The molecule has 0 unspecified atom stereocenters. The fourth-order valence-corrected chi connectivity index (χ4v) is 2.84. The van der Waals surface area contributed by atoms with Crippen molar-refractivity contribution in [3.63, 3.8) is 0 Å².